The van der Waals surface area contributed by atoms with Crippen LogP contribution in [0.25, 0.3) is 11.3 Å². The van der Waals surface area contributed by atoms with Crippen molar-refractivity contribution in [3.8, 4) is 11.3 Å². The number of nitrogens with one attached hydrogen (secondary N) is 1. The molecule has 130 valence electrons. The van der Waals surface area contributed by atoms with Gasteiger partial charge in [0.2, 0.25) is 0 Å². The second kappa shape index (κ2) is 8.72. The first-order valence-electron chi connectivity index (χ1n) is 8.85. The van der Waals surface area contributed by atoms with Gasteiger partial charge < -0.3 is 10.2 Å². The molecule has 0 bridgehead atoms. The predicted molar refractivity (Wildman–Crippen MR) is 103 cm³/mol. The molecule has 1 atom stereocenters. The summed E-state index contributed by atoms with van der Waals surface area (Å²) in [5.74, 6) is 0. The zero-order chi connectivity index (χ0) is 16.8. The SMILES string of the molecule is C[C@H](CN1CCN(C)CC1)NCCc1nc(-c2ccccc2)cs1. The molecule has 1 aliphatic rings. The Morgan fingerprint density at radius 2 is 1.92 bits per heavy atom. The van der Waals surface area contributed by atoms with E-state index in [1.165, 1.54) is 36.8 Å². The minimum absolute atomic E-state index is 0.530. The van der Waals surface area contributed by atoms with E-state index in [4.69, 9.17) is 4.98 Å². The summed E-state index contributed by atoms with van der Waals surface area (Å²) in [6.07, 6.45) is 1.00. The second-order valence-corrected chi connectivity index (χ2v) is 7.64. The molecule has 0 radical (unpaired) electrons. The molecule has 3 rings (SSSR count). The van der Waals surface area contributed by atoms with Crippen molar-refractivity contribution in [3.63, 3.8) is 0 Å². The summed E-state index contributed by atoms with van der Waals surface area (Å²) in [5.41, 5.74) is 2.30. The largest absolute Gasteiger partial charge is 0.313 e. The van der Waals surface area contributed by atoms with Crippen LogP contribution in [0.5, 0.6) is 0 Å². The number of rotatable bonds is 7. The summed E-state index contributed by atoms with van der Waals surface area (Å²) < 4.78 is 0. The fourth-order valence-corrected chi connectivity index (χ4v) is 3.88. The topological polar surface area (TPSA) is 31.4 Å². The molecule has 0 amide bonds. The average molecular weight is 345 g/mol. The Morgan fingerprint density at radius 1 is 1.17 bits per heavy atom. The third-order valence-electron chi connectivity index (χ3n) is 4.58. The van der Waals surface area contributed by atoms with Crippen LogP contribution in [0.15, 0.2) is 35.7 Å². The van der Waals surface area contributed by atoms with Gasteiger partial charge in [0.15, 0.2) is 0 Å². The molecule has 1 saturated heterocycles. The van der Waals surface area contributed by atoms with Crippen LogP contribution in [-0.4, -0.2) is 67.1 Å². The zero-order valence-electron chi connectivity index (χ0n) is 14.7. The van der Waals surface area contributed by atoms with E-state index in [1.54, 1.807) is 11.3 Å². The van der Waals surface area contributed by atoms with Crippen LogP contribution in [0.1, 0.15) is 11.9 Å². The Bertz CT molecular complexity index is 605. The highest BCUT2D eigenvalue weighted by molar-refractivity contribution is 7.09. The number of thiazole rings is 1. The van der Waals surface area contributed by atoms with Crippen molar-refractivity contribution in [2.75, 3.05) is 46.3 Å². The number of piperazine rings is 1. The third kappa shape index (κ3) is 5.11. The summed E-state index contributed by atoms with van der Waals surface area (Å²) in [6, 6.07) is 10.9. The molecule has 1 fully saturated rings. The van der Waals surface area contributed by atoms with Gasteiger partial charge in [-0.05, 0) is 14.0 Å². The van der Waals surface area contributed by atoms with Gasteiger partial charge in [-0.2, -0.15) is 0 Å². The van der Waals surface area contributed by atoms with Crippen LogP contribution in [-0.2, 0) is 6.42 Å². The van der Waals surface area contributed by atoms with Gasteiger partial charge in [-0.3, -0.25) is 4.90 Å². The highest BCUT2D eigenvalue weighted by Gasteiger charge is 2.15. The van der Waals surface area contributed by atoms with Crippen molar-refractivity contribution >= 4 is 11.3 Å². The number of likely N-dealkylation sites (N-methyl/N-ethyl adjacent to an activating group) is 1. The van der Waals surface area contributed by atoms with Crippen molar-refractivity contribution in [1.82, 2.24) is 20.1 Å². The van der Waals surface area contributed by atoms with Gasteiger partial charge in [0.05, 0.1) is 10.7 Å². The first-order chi connectivity index (χ1) is 11.7. The van der Waals surface area contributed by atoms with E-state index in [0.29, 0.717) is 6.04 Å². The molecule has 1 aliphatic heterocycles. The fraction of sp³-hybridized carbons (Fsp3) is 0.526. The summed E-state index contributed by atoms with van der Waals surface area (Å²) in [7, 11) is 2.21. The normalized spacial score (nSPS) is 17.9. The molecular formula is C19H28N4S. The Hall–Kier alpha value is -1.27. The number of hydrogen-bond donors (Lipinski definition) is 1. The van der Waals surface area contributed by atoms with E-state index in [0.717, 1.165) is 25.2 Å². The monoisotopic (exact) mass is 344 g/mol. The fourth-order valence-electron chi connectivity index (χ4n) is 3.08. The van der Waals surface area contributed by atoms with Crippen molar-refractivity contribution in [1.29, 1.82) is 0 Å². The molecule has 5 heteroatoms. The van der Waals surface area contributed by atoms with E-state index >= 15 is 0 Å². The highest BCUT2D eigenvalue weighted by Crippen LogP contribution is 2.21. The quantitative estimate of drug-likeness (QED) is 0.836. The average Bonchev–Trinajstić information content (AvgIpc) is 3.07. The Labute approximate surface area is 149 Å². The van der Waals surface area contributed by atoms with E-state index in [9.17, 15) is 0 Å². The van der Waals surface area contributed by atoms with Crippen LogP contribution in [0.4, 0.5) is 0 Å². The molecule has 1 N–H and O–H groups in total. The summed E-state index contributed by atoms with van der Waals surface area (Å²) >= 11 is 1.76. The van der Waals surface area contributed by atoms with Gasteiger partial charge in [0, 0.05) is 62.7 Å². The van der Waals surface area contributed by atoms with E-state index in [-0.39, 0.29) is 0 Å². The lowest BCUT2D eigenvalue weighted by atomic mass is 10.2. The first kappa shape index (κ1) is 17.5. The van der Waals surface area contributed by atoms with Crippen LogP contribution in [0, 0.1) is 0 Å². The molecular weight excluding hydrogens is 316 g/mol. The Balaban J connectivity index is 1.39. The van der Waals surface area contributed by atoms with Crippen LogP contribution < -0.4 is 5.32 Å². The molecule has 0 spiro atoms. The van der Waals surface area contributed by atoms with Gasteiger partial charge >= 0.3 is 0 Å². The Kier molecular flexibility index (Phi) is 6.37. The van der Waals surface area contributed by atoms with E-state index in [2.05, 4.69) is 58.7 Å². The maximum absolute atomic E-state index is 4.76. The lowest BCUT2D eigenvalue weighted by Crippen LogP contribution is -2.49. The smallest absolute Gasteiger partial charge is 0.0945 e. The molecule has 0 unspecified atom stereocenters. The maximum Gasteiger partial charge on any atom is 0.0945 e. The summed E-state index contributed by atoms with van der Waals surface area (Å²) in [4.78, 5) is 9.73. The first-order valence-corrected chi connectivity index (χ1v) is 9.73. The van der Waals surface area contributed by atoms with Crippen molar-refractivity contribution in [2.24, 2.45) is 0 Å². The summed E-state index contributed by atoms with van der Waals surface area (Å²) in [6.45, 7) is 9.18. The second-order valence-electron chi connectivity index (χ2n) is 6.70. The lowest BCUT2D eigenvalue weighted by Gasteiger charge is -2.34. The molecule has 2 aromatic rings. The van der Waals surface area contributed by atoms with Gasteiger partial charge in [0.1, 0.15) is 0 Å². The standard InChI is InChI=1S/C19H28N4S/c1-16(14-23-12-10-22(2)11-13-23)20-9-8-19-21-18(15-24-19)17-6-4-3-5-7-17/h3-7,15-16,20H,8-14H2,1-2H3/t16-/m1/s1. The van der Waals surface area contributed by atoms with Gasteiger partial charge in [-0.15, -0.1) is 11.3 Å². The van der Waals surface area contributed by atoms with Crippen LogP contribution in [0.2, 0.25) is 0 Å². The Morgan fingerprint density at radius 3 is 2.67 bits per heavy atom. The number of hydrogen-bond acceptors (Lipinski definition) is 5. The van der Waals surface area contributed by atoms with Crippen molar-refractivity contribution in [3.05, 3.63) is 40.7 Å². The number of benzene rings is 1. The van der Waals surface area contributed by atoms with Gasteiger partial charge in [-0.25, -0.2) is 4.98 Å². The van der Waals surface area contributed by atoms with E-state index < -0.39 is 0 Å². The zero-order valence-corrected chi connectivity index (χ0v) is 15.6. The molecule has 1 aromatic carbocycles. The van der Waals surface area contributed by atoms with Crippen LogP contribution >= 0.6 is 11.3 Å². The van der Waals surface area contributed by atoms with Crippen molar-refractivity contribution < 1.29 is 0 Å². The lowest BCUT2D eigenvalue weighted by molar-refractivity contribution is 0.144. The van der Waals surface area contributed by atoms with Gasteiger partial charge in [0.25, 0.3) is 0 Å². The number of aromatic nitrogens is 1. The molecule has 0 saturated carbocycles. The van der Waals surface area contributed by atoms with Crippen LogP contribution in [0.3, 0.4) is 0 Å². The predicted octanol–water partition coefficient (Wildman–Crippen LogP) is 2.58. The maximum atomic E-state index is 4.76. The highest BCUT2D eigenvalue weighted by atomic mass is 32.1. The molecule has 0 aliphatic carbocycles. The van der Waals surface area contributed by atoms with Crippen molar-refractivity contribution in [2.45, 2.75) is 19.4 Å². The molecule has 2 heterocycles. The molecule has 1 aromatic heterocycles. The molecule has 24 heavy (non-hydrogen) atoms. The van der Waals surface area contributed by atoms with Gasteiger partial charge in [-0.1, -0.05) is 30.3 Å². The van der Waals surface area contributed by atoms with E-state index in [1.807, 2.05) is 6.07 Å². The molecule has 4 nitrogen and oxygen atoms in total. The summed E-state index contributed by atoms with van der Waals surface area (Å²) in [5, 5.41) is 7.03. The third-order valence-corrected chi connectivity index (χ3v) is 5.49. The number of nitrogens with zero attached hydrogens (tertiary/aromatic N) is 3. The minimum atomic E-state index is 0.530. The minimum Gasteiger partial charge on any atom is -0.313 e.